The normalized spacial score (nSPS) is 27.4. The van der Waals surface area contributed by atoms with Crippen LogP contribution < -0.4 is 20.7 Å². The summed E-state index contributed by atoms with van der Waals surface area (Å²) in [6.45, 7) is 10.8. The van der Waals surface area contributed by atoms with E-state index in [0.717, 1.165) is 18.4 Å². The first-order chi connectivity index (χ1) is 20.5. The molecule has 0 unspecified atom stereocenters. The summed E-state index contributed by atoms with van der Waals surface area (Å²) in [5.41, 5.74) is -0.0778. The number of carbonyl (C=O) groups is 4. The predicted octanol–water partition coefficient (Wildman–Crippen LogP) is 1.47. The Morgan fingerprint density at radius 1 is 0.977 bits per heavy atom. The number of nitrogens with zero attached hydrogens (tertiary/aromatic N) is 1. The molecule has 4 rings (SSSR count). The van der Waals surface area contributed by atoms with Crippen LogP contribution in [0.3, 0.4) is 0 Å². The fourth-order valence-electron chi connectivity index (χ4n) is 6.08. The highest BCUT2D eigenvalue weighted by molar-refractivity contribution is 5.98. The standard InChI is InChI=1S/C32H48N4O7/c1-20-14-24(15-21(20)2)17-26(29(38)32(4)19-43-32)34-31(40)27(16-23-6-8-25(41-5)9-7-23)35-30(39)22(3)33-28(37)18-36-10-12-42-13-11-36/h6-9,20-22,24,26-27H,10-19H2,1-5H3,(H,33,37)(H,34,40)(H,35,39)/t20-,21+,22-,24+,26-,27-,32+/m0/s1. The second-order valence-corrected chi connectivity index (χ2v) is 12.8. The van der Waals surface area contributed by atoms with Crippen LogP contribution in [0, 0.1) is 17.8 Å². The summed E-state index contributed by atoms with van der Waals surface area (Å²) in [6.07, 6.45) is 2.75. The lowest BCUT2D eigenvalue weighted by molar-refractivity contribution is -0.134. The van der Waals surface area contributed by atoms with E-state index in [4.69, 9.17) is 14.2 Å². The van der Waals surface area contributed by atoms with Crippen LogP contribution >= 0.6 is 0 Å². The van der Waals surface area contributed by atoms with Gasteiger partial charge in [0.2, 0.25) is 17.7 Å². The average Bonchev–Trinajstić information content (AvgIpc) is 3.66. The van der Waals surface area contributed by atoms with Gasteiger partial charge in [-0.2, -0.15) is 0 Å². The van der Waals surface area contributed by atoms with Crippen LogP contribution in [0.15, 0.2) is 24.3 Å². The van der Waals surface area contributed by atoms with Crippen molar-refractivity contribution in [3.63, 3.8) is 0 Å². The minimum atomic E-state index is -0.968. The summed E-state index contributed by atoms with van der Waals surface area (Å²) in [6, 6.07) is 4.70. The molecule has 1 aromatic rings. The zero-order valence-electron chi connectivity index (χ0n) is 26.1. The predicted molar refractivity (Wildman–Crippen MR) is 160 cm³/mol. The second-order valence-electron chi connectivity index (χ2n) is 12.8. The van der Waals surface area contributed by atoms with E-state index in [1.165, 1.54) is 0 Å². The third-order valence-corrected chi connectivity index (χ3v) is 9.16. The Bertz CT molecular complexity index is 1120. The Morgan fingerprint density at radius 2 is 1.58 bits per heavy atom. The molecule has 2 aliphatic heterocycles. The van der Waals surface area contributed by atoms with Crippen LogP contribution in [0.25, 0.3) is 0 Å². The largest absolute Gasteiger partial charge is 0.497 e. The van der Waals surface area contributed by atoms with Crippen molar-refractivity contribution in [1.29, 1.82) is 0 Å². The number of amides is 3. The van der Waals surface area contributed by atoms with E-state index in [9.17, 15) is 19.2 Å². The van der Waals surface area contributed by atoms with Gasteiger partial charge in [-0.1, -0.05) is 26.0 Å². The van der Waals surface area contributed by atoms with E-state index in [-0.39, 0.29) is 24.7 Å². The van der Waals surface area contributed by atoms with Gasteiger partial charge < -0.3 is 30.2 Å². The van der Waals surface area contributed by atoms with Gasteiger partial charge in [-0.3, -0.25) is 24.1 Å². The minimum Gasteiger partial charge on any atom is -0.497 e. The number of morpholine rings is 1. The van der Waals surface area contributed by atoms with Crippen LogP contribution in [0.5, 0.6) is 5.75 Å². The number of carbonyl (C=O) groups excluding carboxylic acids is 4. The second kappa shape index (κ2) is 14.6. The summed E-state index contributed by atoms with van der Waals surface area (Å²) in [5.74, 6) is 0.778. The number of nitrogens with one attached hydrogen (secondary N) is 3. The van der Waals surface area contributed by atoms with Crippen LogP contribution in [0.2, 0.25) is 0 Å². The van der Waals surface area contributed by atoms with E-state index in [2.05, 4.69) is 29.8 Å². The summed E-state index contributed by atoms with van der Waals surface area (Å²) < 4.78 is 16.0. The molecule has 0 bridgehead atoms. The van der Waals surface area contributed by atoms with E-state index in [1.807, 2.05) is 17.0 Å². The quantitative estimate of drug-likeness (QED) is 0.273. The lowest BCUT2D eigenvalue weighted by Crippen LogP contribution is -2.57. The lowest BCUT2D eigenvalue weighted by atomic mass is 9.90. The summed E-state index contributed by atoms with van der Waals surface area (Å²) in [4.78, 5) is 55.2. The first kappa shape index (κ1) is 32.9. The average molecular weight is 601 g/mol. The number of benzene rings is 1. The number of methoxy groups -OCH3 is 1. The topological polar surface area (TPSA) is 139 Å². The molecule has 1 aliphatic carbocycles. The third kappa shape index (κ3) is 9.23. The van der Waals surface area contributed by atoms with E-state index in [1.54, 1.807) is 33.1 Å². The molecule has 2 heterocycles. The molecule has 0 aromatic heterocycles. The van der Waals surface area contributed by atoms with Crippen molar-refractivity contribution in [3.05, 3.63) is 29.8 Å². The van der Waals surface area contributed by atoms with Crippen molar-refractivity contribution >= 4 is 23.5 Å². The molecule has 0 spiro atoms. The number of hydrogen-bond donors (Lipinski definition) is 3. The van der Waals surface area contributed by atoms with Crippen molar-refractivity contribution in [2.45, 2.75) is 77.1 Å². The van der Waals surface area contributed by atoms with Crippen molar-refractivity contribution in [2.24, 2.45) is 17.8 Å². The Morgan fingerprint density at radius 3 is 2.16 bits per heavy atom. The van der Waals surface area contributed by atoms with Crippen LogP contribution in [-0.4, -0.2) is 98.7 Å². The fourth-order valence-corrected chi connectivity index (χ4v) is 6.08. The molecule has 2 saturated heterocycles. The van der Waals surface area contributed by atoms with Gasteiger partial charge in [-0.05, 0) is 68.6 Å². The van der Waals surface area contributed by atoms with E-state index < -0.39 is 35.5 Å². The highest BCUT2D eigenvalue weighted by Gasteiger charge is 2.51. The molecule has 3 fully saturated rings. The number of ketones is 1. The van der Waals surface area contributed by atoms with Gasteiger partial charge in [0.15, 0.2) is 5.78 Å². The maximum absolute atomic E-state index is 13.8. The molecule has 11 nitrogen and oxygen atoms in total. The van der Waals surface area contributed by atoms with Gasteiger partial charge in [0.25, 0.3) is 0 Å². The van der Waals surface area contributed by atoms with Crippen LogP contribution in [0.4, 0.5) is 0 Å². The number of rotatable bonds is 14. The van der Waals surface area contributed by atoms with Crippen molar-refractivity contribution < 1.29 is 33.4 Å². The molecule has 7 atom stereocenters. The number of ether oxygens (including phenoxy) is 3. The van der Waals surface area contributed by atoms with Crippen molar-refractivity contribution in [3.8, 4) is 5.75 Å². The molecular formula is C32H48N4O7. The summed E-state index contributed by atoms with van der Waals surface area (Å²) in [7, 11) is 1.58. The van der Waals surface area contributed by atoms with Crippen LogP contribution in [0.1, 0.15) is 52.5 Å². The van der Waals surface area contributed by atoms with Gasteiger partial charge in [0.1, 0.15) is 23.4 Å². The minimum absolute atomic E-state index is 0.133. The summed E-state index contributed by atoms with van der Waals surface area (Å²) >= 11 is 0. The number of hydrogen-bond acceptors (Lipinski definition) is 8. The fraction of sp³-hybridized carbons (Fsp3) is 0.688. The van der Waals surface area contributed by atoms with Gasteiger partial charge >= 0.3 is 0 Å². The smallest absolute Gasteiger partial charge is 0.243 e. The first-order valence-corrected chi connectivity index (χ1v) is 15.5. The Labute approximate surface area is 254 Å². The van der Waals surface area contributed by atoms with Gasteiger partial charge in [0.05, 0.1) is 39.5 Å². The van der Waals surface area contributed by atoms with E-state index >= 15 is 0 Å². The Hall–Kier alpha value is -3.02. The molecular weight excluding hydrogens is 552 g/mol. The molecule has 1 aromatic carbocycles. The SMILES string of the molecule is COc1ccc(C[C@H](NC(=O)[C@H](C)NC(=O)CN2CCOCC2)C(=O)N[C@@H](C[C@H]2C[C@@H](C)[C@@H](C)C2)C(=O)[C@@]2(C)CO2)cc1. The maximum atomic E-state index is 13.8. The zero-order valence-corrected chi connectivity index (χ0v) is 26.1. The Kier molecular flexibility index (Phi) is 11.2. The lowest BCUT2D eigenvalue weighted by Gasteiger charge is -2.27. The molecule has 3 amide bonds. The molecule has 43 heavy (non-hydrogen) atoms. The summed E-state index contributed by atoms with van der Waals surface area (Å²) in [5, 5.41) is 8.57. The van der Waals surface area contributed by atoms with Crippen molar-refractivity contribution in [2.75, 3.05) is 46.6 Å². The number of Topliss-reactive ketones (excluding diaryl/α,β-unsaturated/α-hetero) is 1. The first-order valence-electron chi connectivity index (χ1n) is 15.5. The highest BCUT2D eigenvalue weighted by Crippen LogP contribution is 2.39. The van der Waals surface area contributed by atoms with Gasteiger partial charge in [0, 0.05) is 19.5 Å². The van der Waals surface area contributed by atoms with Crippen LogP contribution in [-0.2, 0) is 35.1 Å². The van der Waals surface area contributed by atoms with Gasteiger partial charge in [-0.25, -0.2) is 0 Å². The molecule has 238 valence electrons. The zero-order chi connectivity index (χ0) is 31.1. The van der Waals surface area contributed by atoms with Gasteiger partial charge in [-0.15, -0.1) is 0 Å². The van der Waals surface area contributed by atoms with Crippen molar-refractivity contribution in [1.82, 2.24) is 20.9 Å². The van der Waals surface area contributed by atoms with E-state index in [0.29, 0.717) is 62.8 Å². The highest BCUT2D eigenvalue weighted by atomic mass is 16.6. The molecule has 3 N–H and O–H groups in total. The molecule has 3 aliphatic rings. The monoisotopic (exact) mass is 600 g/mol. The molecule has 0 radical (unpaired) electrons. The number of epoxide rings is 1. The molecule has 1 saturated carbocycles. The molecule has 11 heteroatoms. The third-order valence-electron chi connectivity index (χ3n) is 9.16. The Balaban J connectivity index is 1.45. The maximum Gasteiger partial charge on any atom is 0.243 e.